The van der Waals surface area contributed by atoms with Gasteiger partial charge in [0.2, 0.25) is 5.91 Å². The quantitative estimate of drug-likeness (QED) is 0.551. The molecule has 0 aromatic carbocycles. The molecule has 2 aromatic heterocycles. The monoisotopic (exact) mass is 375 g/mol. The van der Waals surface area contributed by atoms with Crippen LogP contribution in [0.1, 0.15) is 48.9 Å². The van der Waals surface area contributed by atoms with Gasteiger partial charge in [0, 0.05) is 22.3 Å². The number of hydrogen-bond acceptors (Lipinski definition) is 5. The lowest BCUT2D eigenvalue weighted by molar-refractivity contribution is -0.131. The van der Waals surface area contributed by atoms with Gasteiger partial charge in [-0.05, 0) is 64.9 Å². The predicted octanol–water partition coefficient (Wildman–Crippen LogP) is 4.50. The van der Waals surface area contributed by atoms with Gasteiger partial charge in [-0.2, -0.15) is 0 Å². The molecule has 134 valence electrons. The van der Waals surface area contributed by atoms with E-state index in [4.69, 9.17) is 0 Å². The molecule has 0 aliphatic heterocycles. The number of aromatic nitrogens is 2. The third-order valence-electron chi connectivity index (χ3n) is 5.41. The summed E-state index contributed by atoms with van der Waals surface area (Å²) in [4.78, 5) is 26.7. The van der Waals surface area contributed by atoms with Gasteiger partial charge in [-0.25, -0.2) is 9.97 Å². The second-order valence-corrected chi connectivity index (χ2v) is 9.61. The molecule has 2 aromatic rings. The number of thiophene rings is 1. The summed E-state index contributed by atoms with van der Waals surface area (Å²) < 4.78 is 0. The molecule has 4 nitrogen and oxygen atoms in total. The molecule has 0 bridgehead atoms. The van der Waals surface area contributed by atoms with Crippen LogP contribution in [0.4, 0.5) is 0 Å². The Labute approximate surface area is 157 Å². The fourth-order valence-electron chi connectivity index (χ4n) is 3.55. The van der Waals surface area contributed by atoms with E-state index in [-0.39, 0.29) is 5.91 Å². The van der Waals surface area contributed by atoms with Crippen molar-refractivity contribution in [2.75, 3.05) is 5.75 Å². The van der Waals surface area contributed by atoms with E-state index in [0.717, 1.165) is 27.0 Å². The van der Waals surface area contributed by atoms with Crippen LogP contribution in [-0.4, -0.2) is 38.6 Å². The van der Waals surface area contributed by atoms with Crippen LogP contribution in [0.2, 0.25) is 0 Å². The van der Waals surface area contributed by atoms with Crippen molar-refractivity contribution < 1.29 is 4.79 Å². The van der Waals surface area contributed by atoms with Crippen LogP contribution in [0.5, 0.6) is 0 Å². The number of carbonyl (C=O) groups is 1. The van der Waals surface area contributed by atoms with Crippen molar-refractivity contribution >= 4 is 39.2 Å². The number of thioether (sulfide) groups is 1. The zero-order chi connectivity index (χ0) is 17.7. The van der Waals surface area contributed by atoms with Crippen LogP contribution in [0, 0.1) is 26.7 Å². The Morgan fingerprint density at radius 3 is 2.60 bits per heavy atom. The molecule has 6 heteroatoms. The van der Waals surface area contributed by atoms with Crippen molar-refractivity contribution in [1.29, 1.82) is 0 Å². The first kappa shape index (κ1) is 17.3. The van der Waals surface area contributed by atoms with Gasteiger partial charge in [-0.3, -0.25) is 4.79 Å². The predicted molar refractivity (Wildman–Crippen MR) is 104 cm³/mol. The molecular formula is C19H25N3OS2. The molecule has 2 saturated carbocycles. The fourth-order valence-corrected chi connectivity index (χ4v) is 5.68. The third kappa shape index (κ3) is 3.43. The summed E-state index contributed by atoms with van der Waals surface area (Å²) in [7, 11) is 0. The van der Waals surface area contributed by atoms with E-state index in [9.17, 15) is 4.79 Å². The van der Waals surface area contributed by atoms with Crippen molar-refractivity contribution in [2.45, 2.75) is 70.5 Å². The molecule has 25 heavy (non-hydrogen) atoms. The zero-order valence-electron chi connectivity index (χ0n) is 15.3. The lowest BCUT2D eigenvalue weighted by Gasteiger charge is -2.29. The summed E-state index contributed by atoms with van der Waals surface area (Å²) in [5.74, 6) is 2.27. The van der Waals surface area contributed by atoms with Crippen LogP contribution in [0.25, 0.3) is 10.2 Å². The Morgan fingerprint density at radius 1 is 1.24 bits per heavy atom. The number of aryl methyl sites for hydroxylation is 3. The first-order valence-electron chi connectivity index (χ1n) is 9.14. The van der Waals surface area contributed by atoms with E-state index in [1.807, 2.05) is 6.92 Å². The highest BCUT2D eigenvalue weighted by Gasteiger charge is 2.41. The van der Waals surface area contributed by atoms with E-state index < -0.39 is 0 Å². The number of nitrogens with zero attached hydrogens (tertiary/aromatic N) is 3. The highest BCUT2D eigenvalue weighted by Crippen LogP contribution is 2.40. The van der Waals surface area contributed by atoms with E-state index in [1.54, 1.807) is 23.1 Å². The number of carbonyl (C=O) groups excluding carboxylic acids is 1. The molecule has 2 aliphatic rings. The molecule has 1 atom stereocenters. The van der Waals surface area contributed by atoms with Crippen LogP contribution in [0.3, 0.4) is 0 Å². The van der Waals surface area contributed by atoms with Gasteiger partial charge in [0.1, 0.15) is 15.7 Å². The first-order valence-corrected chi connectivity index (χ1v) is 10.9. The maximum atomic E-state index is 12.9. The Morgan fingerprint density at radius 2 is 1.96 bits per heavy atom. The van der Waals surface area contributed by atoms with Crippen molar-refractivity contribution in [3.05, 3.63) is 16.3 Å². The van der Waals surface area contributed by atoms with E-state index in [0.29, 0.717) is 17.8 Å². The highest BCUT2D eigenvalue weighted by atomic mass is 32.2. The summed E-state index contributed by atoms with van der Waals surface area (Å²) in [6, 6.07) is 0.888. The highest BCUT2D eigenvalue weighted by molar-refractivity contribution is 8.00. The molecular weight excluding hydrogens is 350 g/mol. The minimum absolute atomic E-state index is 0.279. The van der Waals surface area contributed by atoms with Crippen LogP contribution in [-0.2, 0) is 4.79 Å². The maximum Gasteiger partial charge on any atom is 0.233 e. The average Bonchev–Trinajstić information content (AvgIpc) is 3.44. The topological polar surface area (TPSA) is 46.1 Å². The minimum Gasteiger partial charge on any atom is -0.336 e. The van der Waals surface area contributed by atoms with Crippen LogP contribution in [0.15, 0.2) is 5.03 Å². The van der Waals surface area contributed by atoms with E-state index in [1.165, 1.54) is 36.1 Å². The van der Waals surface area contributed by atoms with Crippen molar-refractivity contribution in [1.82, 2.24) is 14.9 Å². The summed E-state index contributed by atoms with van der Waals surface area (Å²) in [5.41, 5.74) is 1.25. The molecule has 1 unspecified atom stereocenters. The first-order chi connectivity index (χ1) is 12.0. The molecule has 0 spiro atoms. The molecule has 0 N–H and O–H groups in total. The standard InChI is InChI=1S/C19H25N3OS2/c1-10-12(3)25-19-17(10)18(20-13(4)21-19)24-9-16(23)22(15-7-8-15)11(2)14-5-6-14/h11,14-15H,5-9H2,1-4H3. The van der Waals surface area contributed by atoms with Gasteiger partial charge in [0.25, 0.3) is 0 Å². The van der Waals surface area contributed by atoms with Crippen molar-refractivity contribution in [3.8, 4) is 0 Å². The summed E-state index contributed by atoms with van der Waals surface area (Å²) in [6.07, 6.45) is 4.91. The minimum atomic E-state index is 0.279. The van der Waals surface area contributed by atoms with Gasteiger partial charge in [-0.15, -0.1) is 11.3 Å². The number of rotatable bonds is 6. The van der Waals surface area contributed by atoms with Gasteiger partial charge in [0.15, 0.2) is 0 Å². The van der Waals surface area contributed by atoms with Gasteiger partial charge in [0.05, 0.1) is 5.75 Å². The van der Waals surface area contributed by atoms with Crippen LogP contribution >= 0.6 is 23.1 Å². The Balaban J connectivity index is 1.54. The van der Waals surface area contributed by atoms with E-state index in [2.05, 4.69) is 35.6 Å². The smallest absolute Gasteiger partial charge is 0.233 e. The molecule has 0 radical (unpaired) electrons. The zero-order valence-corrected chi connectivity index (χ0v) is 17.0. The Kier molecular flexibility index (Phi) is 4.52. The largest absolute Gasteiger partial charge is 0.336 e. The van der Waals surface area contributed by atoms with Gasteiger partial charge >= 0.3 is 0 Å². The fraction of sp³-hybridized carbons (Fsp3) is 0.632. The Hall–Kier alpha value is -1.14. The summed E-state index contributed by atoms with van der Waals surface area (Å²) >= 11 is 3.31. The van der Waals surface area contributed by atoms with Gasteiger partial charge < -0.3 is 4.90 Å². The van der Waals surface area contributed by atoms with Crippen molar-refractivity contribution in [2.24, 2.45) is 5.92 Å². The molecule has 1 amide bonds. The Bertz CT molecular complexity index is 824. The van der Waals surface area contributed by atoms with Crippen molar-refractivity contribution in [3.63, 3.8) is 0 Å². The summed E-state index contributed by atoms with van der Waals surface area (Å²) in [5, 5.41) is 2.10. The lowest BCUT2D eigenvalue weighted by atomic mass is 10.2. The second-order valence-electron chi connectivity index (χ2n) is 7.44. The number of amides is 1. The third-order valence-corrected chi connectivity index (χ3v) is 7.47. The normalized spacial score (nSPS) is 18.6. The van der Waals surface area contributed by atoms with E-state index >= 15 is 0 Å². The summed E-state index contributed by atoms with van der Waals surface area (Å²) in [6.45, 7) is 8.42. The van der Waals surface area contributed by atoms with Gasteiger partial charge in [-0.1, -0.05) is 11.8 Å². The average molecular weight is 376 g/mol. The second kappa shape index (κ2) is 6.54. The number of fused-ring (bicyclic) bond motifs is 1. The SMILES string of the molecule is Cc1nc(SCC(=O)N(C2CC2)C(C)C2CC2)c2c(C)c(C)sc2n1. The molecule has 4 rings (SSSR count). The molecule has 2 heterocycles. The number of hydrogen-bond donors (Lipinski definition) is 0. The lowest BCUT2D eigenvalue weighted by Crippen LogP contribution is -2.42. The molecule has 2 fully saturated rings. The molecule has 0 saturated heterocycles. The molecule has 2 aliphatic carbocycles. The van der Waals surface area contributed by atoms with Crippen LogP contribution < -0.4 is 0 Å². The maximum absolute atomic E-state index is 12.9.